The molecule has 0 radical (unpaired) electrons. The van der Waals surface area contributed by atoms with E-state index in [0.29, 0.717) is 0 Å². The Morgan fingerprint density at radius 1 is 1.44 bits per heavy atom. The lowest BCUT2D eigenvalue weighted by atomic mass is 9.98. The van der Waals surface area contributed by atoms with Crippen LogP contribution in [0.3, 0.4) is 0 Å². The largest absolute Gasteiger partial charge is 0.389 e. The van der Waals surface area contributed by atoms with Crippen LogP contribution in [-0.2, 0) is 0 Å². The van der Waals surface area contributed by atoms with Gasteiger partial charge in [0, 0.05) is 24.8 Å². The molecule has 3 heteroatoms. The molecule has 0 amide bonds. The van der Waals surface area contributed by atoms with Crippen LogP contribution in [0, 0.1) is 5.92 Å². The van der Waals surface area contributed by atoms with Crippen LogP contribution in [0.2, 0.25) is 0 Å². The lowest BCUT2D eigenvalue weighted by Crippen LogP contribution is -2.34. The number of anilines is 1. The summed E-state index contributed by atoms with van der Waals surface area (Å²) in [7, 11) is 0. The molecule has 1 atom stereocenters. The molecule has 0 aliphatic carbocycles. The van der Waals surface area contributed by atoms with Gasteiger partial charge in [-0.3, -0.25) is 0 Å². The highest BCUT2D eigenvalue weighted by Gasteiger charge is 2.20. The predicted octanol–water partition coefficient (Wildman–Crippen LogP) is 2.37. The van der Waals surface area contributed by atoms with Crippen molar-refractivity contribution < 1.29 is 5.11 Å². The van der Waals surface area contributed by atoms with Crippen LogP contribution in [0.1, 0.15) is 38.4 Å². The molecule has 1 aromatic rings. The third-order valence-electron chi connectivity index (χ3n) is 3.35. The Labute approximate surface area is 97.1 Å². The van der Waals surface area contributed by atoms with Gasteiger partial charge in [-0.05, 0) is 31.7 Å². The van der Waals surface area contributed by atoms with Crippen molar-refractivity contribution in [2.24, 2.45) is 5.92 Å². The molecule has 1 fully saturated rings. The topological polar surface area (TPSA) is 36.4 Å². The van der Waals surface area contributed by atoms with Gasteiger partial charge in [-0.1, -0.05) is 13.0 Å². The van der Waals surface area contributed by atoms with Crippen LogP contribution in [-0.4, -0.2) is 23.2 Å². The first kappa shape index (κ1) is 11.4. The Hall–Kier alpha value is -1.09. The summed E-state index contributed by atoms with van der Waals surface area (Å²) in [6.45, 7) is 6.20. The minimum atomic E-state index is -0.442. The average Bonchev–Trinajstić information content (AvgIpc) is 2.30. The van der Waals surface area contributed by atoms with Crippen LogP contribution < -0.4 is 4.90 Å². The predicted molar refractivity (Wildman–Crippen MR) is 65.5 cm³/mol. The lowest BCUT2D eigenvalue weighted by Gasteiger charge is -2.32. The van der Waals surface area contributed by atoms with E-state index in [9.17, 15) is 5.11 Å². The Balaban J connectivity index is 2.19. The summed E-state index contributed by atoms with van der Waals surface area (Å²) in [5, 5.41) is 9.72. The number of aliphatic hydroxyl groups excluding tert-OH is 1. The van der Waals surface area contributed by atoms with E-state index in [1.54, 1.807) is 13.1 Å². The molecule has 1 aromatic heterocycles. The number of rotatable bonds is 2. The fraction of sp³-hybridized carbons (Fsp3) is 0.615. The van der Waals surface area contributed by atoms with Crippen LogP contribution in [0.4, 0.5) is 5.82 Å². The number of hydrogen-bond donors (Lipinski definition) is 1. The molecule has 0 bridgehead atoms. The van der Waals surface area contributed by atoms with Gasteiger partial charge in [-0.15, -0.1) is 0 Å². The minimum absolute atomic E-state index is 0.442. The first-order valence-corrected chi connectivity index (χ1v) is 6.06. The second-order valence-corrected chi connectivity index (χ2v) is 4.76. The first-order valence-electron chi connectivity index (χ1n) is 6.06. The third kappa shape index (κ3) is 2.35. The summed E-state index contributed by atoms with van der Waals surface area (Å²) in [5.74, 6) is 1.78. The lowest BCUT2D eigenvalue weighted by molar-refractivity contribution is 0.199. The Kier molecular flexibility index (Phi) is 3.44. The van der Waals surface area contributed by atoms with E-state index < -0.39 is 6.10 Å². The van der Waals surface area contributed by atoms with Crippen molar-refractivity contribution in [3.8, 4) is 0 Å². The number of aliphatic hydroxyl groups is 1. The van der Waals surface area contributed by atoms with Gasteiger partial charge in [0.2, 0.25) is 0 Å². The zero-order valence-corrected chi connectivity index (χ0v) is 10.1. The SMILES string of the molecule is CC1CCN(c2ncccc2[C@@H](C)O)CC1. The molecule has 16 heavy (non-hydrogen) atoms. The van der Waals surface area contributed by atoms with E-state index in [-0.39, 0.29) is 0 Å². The van der Waals surface area contributed by atoms with Gasteiger partial charge in [-0.2, -0.15) is 0 Å². The molecule has 88 valence electrons. The van der Waals surface area contributed by atoms with Crippen molar-refractivity contribution in [3.05, 3.63) is 23.9 Å². The van der Waals surface area contributed by atoms with E-state index in [4.69, 9.17) is 0 Å². The molecule has 0 spiro atoms. The maximum atomic E-state index is 9.72. The molecule has 1 N–H and O–H groups in total. The van der Waals surface area contributed by atoms with Gasteiger partial charge in [0.1, 0.15) is 5.82 Å². The van der Waals surface area contributed by atoms with Crippen molar-refractivity contribution >= 4 is 5.82 Å². The molecule has 1 aliphatic rings. The molecule has 1 aliphatic heterocycles. The maximum Gasteiger partial charge on any atom is 0.134 e. The molecule has 0 aromatic carbocycles. The molecule has 2 heterocycles. The van der Waals surface area contributed by atoms with Gasteiger partial charge in [-0.25, -0.2) is 4.98 Å². The highest BCUT2D eigenvalue weighted by Crippen LogP contribution is 2.27. The quantitative estimate of drug-likeness (QED) is 0.831. The van der Waals surface area contributed by atoms with E-state index in [2.05, 4.69) is 16.8 Å². The van der Waals surface area contributed by atoms with Crippen LogP contribution in [0.15, 0.2) is 18.3 Å². The molecule has 3 nitrogen and oxygen atoms in total. The third-order valence-corrected chi connectivity index (χ3v) is 3.35. The Morgan fingerprint density at radius 3 is 2.75 bits per heavy atom. The summed E-state index contributed by atoms with van der Waals surface area (Å²) in [6, 6.07) is 3.85. The van der Waals surface area contributed by atoms with Crippen molar-refractivity contribution in [2.45, 2.75) is 32.8 Å². The molecule has 0 saturated carbocycles. The van der Waals surface area contributed by atoms with Gasteiger partial charge in [0.25, 0.3) is 0 Å². The maximum absolute atomic E-state index is 9.72. The van der Waals surface area contributed by atoms with Crippen molar-refractivity contribution in [1.82, 2.24) is 4.98 Å². The van der Waals surface area contributed by atoms with Gasteiger partial charge in [0.05, 0.1) is 6.10 Å². The summed E-state index contributed by atoms with van der Waals surface area (Å²) in [4.78, 5) is 6.71. The molecular weight excluding hydrogens is 200 g/mol. The number of nitrogens with zero attached hydrogens (tertiary/aromatic N) is 2. The highest BCUT2D eigenvalue weighted by atomic mass is 16.3. The van der Waals surface area contributed by atoms with Crippen LogP contribution in [0.25, 0.3) is 0 Å². The molecule has 2 rings (SSSR count). The highest BCUT2D eigenvalue weighted by molar-refractivity contribution is 5.48. The summed E-state index contributed by atoms with van der Waals surface area (Å²) < 4.78 is 0. The monoisotopic (exact) mass is 220 g/mol. The number of piperidine rings is 1. The van der Waals surface area contributed by atoms with Gasteiger partial charge >= 0.3 is 0 Å². The van der Waals surface area contributed by atoms with E-state index >= 15 is 0 Å². The van der Waals surface area contributed by atoms with E-state index in [1.807, 2.05) is 12.1 Å². The fourth-order valence-corrected chi connectivity index (χ4v) is 2.22. The standard InChI is InChI=1S/C13H20N2O/c1-10-5-8-15(9-6-10)13-12(11(2)16)4-3-7-14-13/h3-4,7,10-11,16H,5-6,8-9H2,1-2H3/t11-/m1/s1. The molecule has 0 unspecified atom stereocenters. The zero-order chi connectivity index (χ0) is 11.5. The minimum Gasteiger partial charge on any atom is -0.389 e. The van der Waals surface area contributed by atoms with E-state index in [1.165, 1.54) is 12.8 Å². The second kappa shape index (κ2) is 4.83. The van der Waals surface area contributed by atoms with Crippen molar-refractivity contribution in [1.29, 1.82) is 0 Å². The first-order chi connectivity index (χ1) is 7.68. The molecule has 1 saturated heterocycles. The van der Waals surface area contributed by atoms with Crippen molar-refractivity contribution in [2.75, 3.05) is 18.0 Å². The Morgan fingerprint density at radius 2 is 2.12 bits per heavy atom. The number of hydrogen-bond acceptors (Lipinski definition) is 3. The van der Waals surface area contributed by atoms with Gasteiger partial charge in [0.15, 0.2) is 0 Å². The Bertz CT molecular complexity index is 344. The van der Waals surface area contributed by atoms with Crippen LogP contribution >= 0.6 is 0 Å². The summed E-state index contributed by atoms with van der Waals surface area (Å²) >= 11 is 0. The van der Waals surface area contributed by atoms with E-state index in [0.717, 1.165) is 30.4 Å². The van der Waals surface area contributed by atoms with Crippen LogP contribution in [0.5, 0.6) is 0 Å². The smallest absolute Gasteiger partial charge is 0.134 e. The summed E-state index contributed by atoms with van der Waals surface area (Å²) in [5.41, 5.74) is 0.942. The number of aromatic nitrogens is 1. The molecular formula is C13H20N2O. The number of pyridine rings is 1. The average molecular weight is 220 g/mol. The fourth-order valence-electron chi connectivity index (χ4n) is 2.22. The second-order valence-electron chi connectivity index (χ2n) is 4.76. The summed E-state index contributed by atoms with van der Waals surface area (Å²) in [6.07, 6.45) is 3.80. The van der Waals surface area contributed by atoms with Gasteiger partial charge < -0.3 is 10.0 Å². The zero-order valence-electron chi connectivity index (χ0n) is 10.1. The normalized spacial score (nSPS) is 19.8. The van der Waals surface area contributed by atoms with Crippen molar-refractivity contribution in [3.63, 3.8) is 0 Å².